The molecule has 4 heteroatoms. The van der Waals surface area contributed by atoms with Crippen molar-refractivity contribution in [3.05, 3.63) is 57.8 Å². The van der Waals surface area contributed by atoms with Gasteiger partial charge in [-0.3, -0.25) is 0 Å². The van der Waals surface area contributed by atoms with Gasteiger partial charge in [-0.2, -0.15) is 0 Å². The van der Waals surface area contributed by atoms with Crippen molar-refractivity contribution in [3.63, 3.8) is 0 Å². The van der Waals surface area contributed by atoms with Gasteiger partial charge in [0.1, 0.15) is 0 Å². The minimum Gasteiger partial charge on any atom is -0.389 e. The number of hydrogen-bond acceptors (Lipinski definition) is 4. The molecule has 112 valence electrons. The summed E-state index contributed by atoms with van der Waals surface area (Å²) in [4.78, 5) is 1.20. The van der Waals surface area contributed by atoms with E-state index in [1.807, 2.05) is 17.5 Å². The zero-order valence-corrected chi connectivity index (χ0v) is 12.8. The molecule has 0 fully saturated rings. The Morgan fingerprint density at radius 3 is 2.62 bits per heavy atom. The first-order valence-electron chi connectivity index (χ1n) is 7.39. The monoisotopic (exact) mass is 303 g/mol. The number of aliphatic hydroxyl groups excluding tert-OH is 1. The fraction of sp³-hybridized carbons (Fsp3) is 0.412. The lowest BCUT2D eigenvalue weighted by molar-refractivity contribution is 0.0287. The molecule has 0 amide bonds. The summed E-state index contributed by atoms with van der Waals surface area (Å²) in [5.41, 5.74) is 2.86. The average Bonchev–Trinajstić information content (AvgIpc) is 3.13. The van der Waals surface area contributed by atoms with E-state index in [4.69, 9.17) is 4.74 Å². The number of ether oxygens (including phenoxy) is 1. The molecule has 2 N–H and O–H groups in total. The maximum atomic E-state index is 9.97. The van der Waals surface area contributed by atoms with E-state index in [9.17, 15) is 5.11 Å². The van der Waals surface area contributed by atoms with E-state index in [-0.39, 0.29) is 0 Å². The van der Waals surface area contributed by atoms with Crippen LogP contribution in [0, 0.1) is 0 Å². The van der Waals surface area contributed by atoms with Crippen LogP contribution in [0.3, 0.4) is 0 Å². The second-order valence-electron chi connectivity index (χ2n) is 5.53. The zero-order chi connectivity index (χ0) is 14.5. The number of thiophene rings is 1. The molecule has 1 aliphatic carbocycles. The van der Waals surface area contributed by atoms with Crippen molar-refractivity contribution >= 4 is 11.3 Å². The lowest BCUT2D eigenvalue weighted by Gasteiger charge is -2.16. The van der Waals surface area contributed by atoms with Gasteiger partial charge in [0.15, 0.2) is 0 Å². The van der Waals surface area contributed by atoms with Gasteiger partial charge in [0.2, 0.25) is 0 Å². The second kappa shape index (κ2) is 7.18. The maximum Gasteiger partial charge on any atom is 0.0897 e. The molecule has 2 aromatic rings. The van der Waals surface area contributed by atoms with E-state index in [1.54, 1.807) is 11.3 Å². The van der Waals surface area contributed by atoms with E-state index in [0.717, 1.165) is 12.8 Å². The molecule has 0 saturated heterocycles. The smallest absolute Gasteiger partial charge is 0.0897 e. The SMILES string of the molecule is OC(CNC1Cc2ccccc2C1)COCc1cccs1. The second-order valence-corrected chi connectivity index (χ2v) is 6.56. The Kier molecular flexibility index (Phi) is 5.04. The number of nitrogens with one attached hydrogen (secondary N) is 1. The van der Waals surface area contributed by atoms with Gasteiger partial charge in [0.25, 0.3) is 0 Å². The normalized spacial score (nSPS) is 16.0. The molecule has 0 radical (unpaired) electrons. The van der Waals surface area contributed by atoms with Crippen LogP contribution in [0.25, 0.3) is 0 Å². The minimum atomic E-state index is -0.450. The van der Waals surface area contributed by atoms with E-state index < -0.39 is 6.10 Å². The molecule has 3 rings (SSSR count). The lowest BCUT2D eigenvalue weighted by Crippen LogP contribution is -2.37. The van der Waals surface area contributed by atoms with E-state index in [1.165, 1.54) is 16.0 Å². The molecule has 0 saturated carbocycles. The molecule has 1 atom stereocenters. The number of rotatable bonds is 7. The summed E-state index contributed by atoms with van der Waals surface area (Å²) in [5, 5.41) is 15.5. The van der Waals surface area contributed by atoms with Crippen LogP contribution in [0.4, 0.5) is 0 Å². The van der Waals surface area contributed by atoms with Crippen LogP contribution in [0.5, 0.6) is 0 Å². The Balaban J connectivity index is 1.34. The van der Waals surface area contributed by atoms with Gasteiger partial charge in [0, 0.05) is 17.5 Å². The Hall–Kier alpha value is -1.20. The quantitative estimate of drug-likeness (QED) is 0.825. The van der Waals surface area contributed by atoms with Crippen molar-refractivity contribution in [2.75, 3.05) is 13.2 Å². The Morgan fingerprint density at radius 1 is 1.19 bits per heavy atom. The minimum absolute atomic E-state index is 0.380. The third kappa shape index (κ3) is 4.14. The first-order valence-corrected chi connectivity index (χ1v) is 8.27. The number of aliphatic hydroxyl groups is 1. The van der Waals surface area contributed by atoms with Gasteiger partial charge in [0.05, 0.1) is 19.3 Å². The summed E-state index contributed by atoms with van der Waals surface area (Å²) in [6, 6.07) is 13.1. The summed E-state index contributed by atoms with van der Waals surface area (Å²) in [6.07, 6.45) is 1.66. The van der Waals surface area contributed by atoms with Crippen molar-refractivity contribution in [3.8, 4) is 0 Å². The highest BCUT2D eigenvalue weighted by Gasteiger charge is 2.20. The fourth-order valence-corrected chi connectivity index (χ4v) is 3.40. The Morgan fingerprint density at radius 2 is 1.95 bits per heavy atom. The van der Waals surface area contributed by atoms with Crippen LogP contribution in [-0.4, -0.2) is 30.4 Å². The van der Waals surface area contributed by atoms with Crippen molar-refractivity contribution in [1.82, 2.24) is 5.32 Å². The topological polar surface area (TPSA) is 41.5 Å². The van der Waals surface area contributed by atoms with Crippen molar-refractivity contribution in [2.24, 2.45) is 0 Å². The van der Waals surface area contributed by atoms with E-state index in [2.05, 4.69) is 29.6 Å². The van der Waals surface area contributed by atoms with Crippen LogP contribution in [0.1, 0.15) is 16.0 Å². The highest BCUT2D eigenvalue weighted by Crippen LogP contribution is 2.21. The molecule has 1 aromatic carbocycles. The molecular weight excluding hydrogens is 282 g/mol. The highest BCUT2D eigenvalue weighted by molar-refractivity contribution is 7.09. The molecule has 1 aromatic heterocycles. The molecule has 1 unspecified atom stereocenters. The predicted molar refractivity (Wildman–Crippen MR) is 85.6 cm³/mol. The van der Waals surface area contributed by atoms with Gasteiger partial charge in [-0.15, -0.1) is 11.3 Å². The van der Waals surface area contributed by atoms with Crippen molar-refractivity contribution in [1.29, 1.82) is 0 Å². The van der Waals surface area contributed by atoms with Crippen LogP contribution in [0.2, 0.25) is 0 Å². The maximum absolute atomic E-state index is 9.97. The molecule has 0 spiro atoms. The fourth-order valence-electron chi connectivity index (χ4n) is 2.76. The van der Waals surface area contributed by atoms with Crippen molar-refractivity contribution < 1.29 is 9.84 Å². The lowest BCUT2D eigenvalue weighted by atomic mass is 10.1. The summed E-state index contributed by atoms with van der Waals surface area (Å²) in [5.74, 6) is 0. The van der Waals surface area contributed by atoms with Gasteiger partial charge in [-0.25, -0.2) is 0 Å². The summed E-state index contributed by atoms with van der Waals surface area (Å²) >= 11 is 1.68. The molecular formula is C17H21NO2S. The highest BCUT2D eigenvalue weighted by atomic mass is 32.1. The van der Waals surface area contributed by atoms with Crippen LogP contribution in [-0.2, 0) is 24.2 Å². The molecule has 3 nitrogen and oxygen atoms in total. The van der Waals surface area contributed by atoms with Crippen LogP contribution < -0.4 is 5.32 Å². The first kappa shape index (κ1) is 14.7. The Bertz CT molecular complexity index is 531. The zero-order valence-electron chi connectivity index (χ0n) is 12.0. The summed E-state index contributed by atoms with van der Waals surface area (Å²) in [7, 11) is 0. The number of hydrogen-bond donors (Lipinski definition) is 2. The third-order valence-corrected chi connectivity index (χ3v) is 4.68. The van der Waals surface area contributed by atoms with Gasteiger partial charge in [-0.05, 0) is 35.4 Å². The molecule has 21 heavy (non-hydrogen) atoms. The van der Waals surface area contributed by atoms with Crippen molar-refractivity contribution in [2.45, 2.75) is 31.6 Å². The van der Waals surface area contributed by atoms with E-state index in [0.29, 0.717) is 25.8 Å². The molecule has 0 bridgehead atoms. The largest absolute Gasteiger partial charge is 0.389 e. The Labute approximate surface area is 129 Å². The van der Waals surface area contributed by atoms with Gasteiger partial charge >= 0.3 is 0 Å². The first-order chi connectivity index (χ1) is 10.3. The van der Waals surface area contributed by atoms with Gasteiger partial charge in [-0.1, -0.05) is 30.3 Å². The number of fused-ring (bicyclic) bond motifs is 1. The van der Waals surface area contributed by atoms with E-state index >= 15 is 0 Å². The molecule has 1 aliphatic rings. The summed E-state index contributed by atoms with van der Waals surface area (Å²) in [6.45, 7) is 1.55. The molecule has 1 heterocycles. The summed E-state index contributed by atoms with van der Waals surface area (Å²) < 4.78 is 5.54. The van der Waals surface area contributed by atoms with Crippen LogP contribution in [0.15, 0.2) is 41.8 Å². The average molecular weight is 303 g/mol. The third-order valence-electron chi connectivity index (χ3n) is 3.83. The van der Waals surface area contributed by atoms with Crippen LogP contribution >= 0.6 is 11.3 Å². The predicted octanol–water partition coefficient (Wildman–Crippen LogP) is 2.38. The standard InChI is InChI=1S/C17H21NO2S/c19-16(11-20-12-17-6-3-7-21-17)10-18-15-8-13-4-1-2-5-14(13)9-15/h1-7,15-16,18-19H,8-12H2. The van der Waals surface area contributed by atoms with Gasteiger partial charge < -0.3 is 15.2 Å². The number of benzene rings is 1. The molecule has 0 aliphatic heterocycles.